The van der Waals surface area contributed by atoms with Crippen LogP contribution < -0.4 is 9.64 Å². The van der Waals surface area contributed by atoms with Crippen LogP contribution in [0.25, 0.3) is 0 Å². The van der Waals surface area contributed by atoms with Crippen LogP contribution in [0.4, 0.5) is 9.52 Å². The van der Waals surface area contributed by atoms with Gasteiger partial charge in [0.2, 0.25) is 5.13 Å². The Hall–Kier alpha value is -2.98. The maximum atomic E-state index is 13.0. The van der Waals surface area contributed by atoms with Crippen LogP contribution in [0, 0.1) is 5.82 Å². The van der Waals surface area contributed by atoms with Crippen LogP contribution in [-0.4, -0.2) is 43.3 Å². The van der Waals surface area contributed by atoms with E-state index in [9.17, 15) is 12.8 Å². The average Bonchev–Trinajstić information content (AvgIpc) is 3.22. The van der Waals surface area contributed by atoms with Crippen LogP contribution in [0.1, 0.15) is 11.4 Å². The summed E-state index contributed by atoms with van der Waals surface area (Å²) in [5, 5.41) is 0.610. The topological polar surface area (TPSA) is 75.6 Å². The van der Waals surface area contributed by atoms with E-state index < -0.39 is 10.0 Å². The first-order valence-corrected chi connectivity index (χ1v) is 11.1. The number of hydrogen-bond acceptors (Lipinski definition) is 7. The first-order valence-electron chi connectivity index (χ1n) is 8.90. The lowest BCUT2D eigenvalue weighted by molar-refractivity contribution is 0.414. The van der Waals surface area contributed by atoms with Crippen LogP contribution >= 0.6 is 11.5 Å². The number of methoxy groups -OCH3 is 1. The fourth-order valence-corrected chi connectivity index (χ4v) is 4.15. The monoisotopic (exact) mass is 448 g/mol. The van der Waals surface area contributed by atoms with Crippen molar-refractivity contribution in [1.82, 2.24) is 13.7 Å². The van der Waals surface area contributed by atoms with Gasteiger partial charge in [-0.2, -0.15) is 4.37 Å². The van der Waals surface area contributed by atoms with E-state index in [1.165, 1.54) is 56.2 Å². The number of anilines is 1. The minimum absolute atomic E-state index is 0.163. The SMILES string of the molecule is COc1ccc(S(=O)(=O)N(C)C=CN(C)c2nc(Cc3ccc(F)cc3)ns2)cc1. The zero-order valence-corrected chi connectivity index (χ0v) is 18.3. The average molecular weight is 449 g/mol. The molecule has 0 unspecified atom stereocenters. The normalized spacial score (nSPS) is 11.6. The Kier molecular flexibility index (Phi) is 6.68. The summed E-state index contributed by atoms with van der Waals surface area (Å²) < 4.78 is 48.9. The fourth-order valence-electron chi connectivity index (χ4n) is 2.50. The summed E-state index contributed by atoms with van der Waals surface area (Å²) in [4.78, 5) is 6.30. The number of halogens is 1. The molecule has 0 saturated carbocycles. The molecule has 0 spiro atoms. The number of rotatable bonds is 8. The summed E-state index contributed by atoms with van der Waals surface area (Å²) in [6.45, 7) is 0. The van der Waals surface area contributed by atoms with Crippen molar-refractivity contribution >= 4 is 26.7 Å². The predicted octanol–water partition coefficient (Wildman–Crippen LogP) is 3.50. The Balaban J connectivity index is 1.66. The van der Waals surface area contributed by atoms with Gasteiger partial charge in [-0.25, -0.2) is 17.8 Å². The molecule has 0 fully saturated rings. The molecule has 0 radical (unpaired) electrons. The fraction of sp³-hybridized carbons (Fsp3) is 0.200. The Morgan fingerprint density at radius 2 is 1.73 bits per heavy atom. The van der Waals surface area contributed by atoms with Crippen molar-refractivity contribution in [2.45, 2.75) is 11.3 Å². The van der Waals surface area contributed by atoms with Crippen molar-refractivity contribution in [2.75, 3.05) is 26.1 Å². The number of benzene rings is 2. The van der Waals surface area contributed by atoms with Gasteiger partial charge in [0.1, 0.15) is 17.4 Å². The van der Waals surface area contributed by atoms with Gasteiger partial charge in [-0.1, -0.05) is 12.1 Å². The van der Waals surface area contributed by atoms with Gasteiger partial charge in [0.05, 0.1) is 12.0 Å². The number of nitrogens with zero attached hydrogens (tertiary/aromatic N) is 4. The highest BCUT2D eigenvalue weighted by Crippen LogP contribution is 2.21. The van der Waals surface area contributed by atoms with Gasteiger partial charge in [0, 0.05) is 44.4 Å². The Morgan fingerprint density at radius 3 is 2.37 bits per heavy atom. The molecular weight excluding hydrogens is 427 g/mol. The molecule has 10 heteroatoms. The van der Waals surface area contributed by atoms with E-state index in [1.54, 1.807) is 42.4 Å². The summed E-state index contributed by atoms with van der Waals surface area (Å²) in [6.07, 6.45) is 3.53. The van der Waals surface area contributed by atoms with E-state index in [0.717, 1.165) is 9.87 Å². The molecule has 3 rings (SSSR count). The van der Waals surface area contributed by atoms with Crippen LogP contribution in [0.15, 0.2) is 65.8 Å². The smallest absolute Gasteiger partial charge is 0.263 e. The number of sulfonamides is 1. The minimum atomic E-state index is -3.68. The van der Waals surface area contributed by atoms with Crippen molar-refractivity contribution in [3.8, 4) is 5.75 Å². The van der Waals surface area contributed by atoms with E-state index in [0.29, 0.717) is 23.1 Å². The molecule has 3 aromatic rings. The molecule has 0 bridgehead atoms. The number of aromatic nitrogens is 2. The molecule has 0 saturated heterocycles. The van der Waals surface area contributed by atoms with Crippen molar-refractivity contribution in [3.63, 3.8) is 0 Å². The summed E-state index contributed by atoms with van der Waals surface area (Å²) >= 11 is 1.20. The molecule has 2 aromatic carbocycles. The zero-order valence-electron chi connectivity index (χ0n) is 16.7. The van der Waals surface area contributed by atoms with E-state index in [4.69, 9.17) is 4.74 Å². The third-order valence-corrected chi connectivity index (χ3v) is 6.86. The lowest BCUT2D eigenvalue weighted by atomic mass is 10.1. The van der Waals surface area contributed by atoms with Crippen LogP contribution in [0.5, 0.6) is 5.75 Å². The lowest BCUT2D eigenvalue weighted by Crippen LogP contribution is -2.22. The van der Waals surface area contributed by atoms with Gasteiger partial charge in [-0.3, -0.25) is 4.31 Å². The predicted molar refractivity (Wildman–Crippen MR) is 115 cm³/mol. The maximum absolute atomic E-state index is 13.0. The van der Waals surface area contributed by atoms with Crippen molar-refractivity contribution in [1.29, 1.82) is 0 Å². The van der Waals surface area contributed by atoms with E-state index in [2.05, 4.69) is 9.36 Å². The number of hydrogen-bond donors (Lipinski definition) is 0. The summed E-state index contributed by atoms with van der Waals surface area (Å²) in [5.74, 6) is 0.907. The molecule has 30 heavy (non-hydrogen) atoms. The molecule has 0 aliphatic heterocycles. The van der Waals surface area contributed by atoms with Crippen molar-refractivity contribution in [2.24, 2.45) is 0 Å². The Labute approximate surface area is 179 Å². The van der Waals surface area contributed by atoms with E-state index >= 15 is 0 Å². The molecule has 0 aliphatic carbocycles. The first-order chi connectivity index (χ1) is 14.3. The van der Waals surface area contributed by atoms with Gasteiger partial charge in [0.25, 0.3) is 10.0 Å². The first kappa shape index (κ1) is 21.7. The second-order valence-corrected chi connectivity index (χ2v) is 9.13. The highest BCUT2D eigenvalue weighted by atomic mass is 32.2. The van der Waals surface area contributed by atoms with Crippen LogP contribution in [0.2, 0.25) is 0 Å². The molecule has 7 nitrogen and oxygen atoms in total. The highest BCUT2D eigenvalue weighted by molar-refractivity contribution is 7.89. The molecule has 0 atom stereocenters. The second-order valence-electron chi connectivity index (χ2n) is 6.40. The summed E-state index contributed by atoms with van der Waals surface area (Å²) in [5.41, 5.74) is 0.907. The molecule has 1 aromatic heterocycles. The van der Waals surface area contributed by atoms with Gasteiger partial charge < -0.3 is 9.64 Å². The third kappa shape index (κ3) is 5.14. The molecule has 0 N–H and O–H groups in total. The molecular formula is C20H21FN4O3S2. The largest absolute Gasteiger partial charge is 0.497 e. The van der Waals surface area contributed by atoms with Gasteiger partial charge in [-0.15, -0.1) is 0 Å². The zero-order chi connectivity index (χ0) is 21.7. The Morgan fingerprint density at radius 1 is 1.07 bits per heavy atom. The third-order valence-electron chi connectivity index (χ3n) is 4.27. The minimum Gasteiger partial charge on any atom is -0.497 e. The summed E-state index contributed by atoms with van der Waals surface area (Å²) in [7, 11) is 1.06. The molecule has 0 aliphatic rings. The summed E-state index contributed by atoms with van der Waals surface area (Å²) in [6, 6.07) is 12.4. The van der Waals surface area contributed by atoms with E-state index in [1.807, 2.05) is 0 Å². The van der Waals surface area contributed by atoms with Crippen molar-refractivity contribution in [3.05, 3.63) is 78.1 Å². The van der Waals surface area contributed by atoms with Gasteiger partial charge in [-0.05, 0) is 42.0 Å². The van der Waals surface area contributed by atoms with Crippen LogP contribution in [0.3, 0.4) is 0 Å². The van der Waals surface area contributed by atoms with Crippen LogP contribution in [-0.2, 0) is 16.4 Å². The quantitative estimate of drug-likeness (QED) is 0.525. The maximum Gasteiger partial charge on any atom is 0.263 e. The highest BCUT2D eigenvalue weighted by Gasteiger charge is 2.18. The standard InChI is InChI=1S/C20H21FN4O3S2/c1-24(20-22-19(23-29-20)14-15-4-6-16(21)7-5-15)12-13-25(2)30(26,27)18-10-8-17(28-3)9-11-18/h4-13H,14H2,1-3H3. The molecule has 1 heterocycles. The van der Waals surface area contributed by atoms with Gasteiger partial charge in [0.15, 0.2) is 0 Å². The Bertz CT molecular complexity index is 1110. The molecule has 0 amide bonds. The lowest BCUT2D eigenvalue weighted by Gasteiger charge is -2.17. The molecule has 158 valence electrons. The van der Waals surface area contributed by atoms with Gasteiger partial charge >= 0.3 is 0 Å². The van der Waals surface area contributed by atoms with Crippen molar-refractivity contribution < 1.29 is 17.5 Å². The van der Waals surface area contributed by atoms with E-state index in [-0.39, 0.29) is 10.7 Å². The number of ether oxygens (including phenoxy) is 1. The second kappa shape index (κ2) is 9.23.